The van der Waals surface area contributed by atoms with Gasteiger partial charge in [0.05, 0.1) is 16.2 Å². The molecule has 0 aliphatic carbocycles. The predicted octanol–water partition coefficient (Wildman–Crippen LogP) is 4.08. The molecule has 2 aromatic carbocycles. The largest absolute Gasteiger partial charge is 0.367 e. The number of sulfonamides is 1. The first-order valence-electron chi connectivity index (χ1n) is 9.61. The van der Waals surface area contributed by atoms with Crippen molar-refractivity contribution in [3.8, 4) is 11.3 Å². The van der Waals surface area contributed by atoms with Crippen LogP contribution in [-0.4, -0.2) is 38.3 Å². The zero-order chi connectivity index (χ0) is 21.6. The number of hydrogen-bond acceptors (Lipinski definition) is 3. The summed E-state index contributed by atoms with van der Waals surface area (Å²) in [5.41, 5.74) is 4.13. The Labute approximate surface area is 175 Å². The van der Waals surface area contributed by atoms with E-state index in [9.17, 15) is 17.2 Å². The fraction of sp³-hybridized carbons (Fsp3) is 0.273. The Balaban J connectivity index is 1.63. The van der Waals surface area contributed by atoms with Crippen LogP contribution in [0.15, 0.2) is 47.4 Å². The first kappa shape index (κ1) is 20.6. The number of nitrogens with one attached hydrogen (secondary N) is 1. The van der Waals surface area contributed by atoms with Crippen LogP contribution in [0.1, 0.15) is 16.8 Å². The molecule has 0 unspecified atom stereocenters. The molecule has 0 spiro atoms. The third-order valence-electron chi connectivity index (χ3n) is 5.50. The number of anilines is 1. The quantitative estimate of drug-likeness (QED) is 0.677. The molecule has 2 heterocycles. The molecule has 1 aliphatic heterocycles. The van der Waals surface area contributed by atoms with E-state index in [2.05, 4.69) is 9.88 Å². The van der Waals surface area contributed by atoms with E-state index < -0.39 is 21.7 Å². The highest BCUT2D eigenvalue weighted by molar-refractivity contribution is 7.89. The van der Waals surface area contributed by atoms with Crippen molar-refractivity contribution < 1.29 is 17.2 Å². The minimum absolute atomic E-state index is 0.0483. The van der Waals surface area contributed by atoms with Crippen LogP contribution < -0.4 is 4.90 Å². The minimum Gasteiger partial charge on any atom is -0.367 e. The lowest BCUT2D eigenvalue weighted by Gasteiger charge is -2.30. The molecule has 0 saturated heterocycles. The van der Waals surface area contributed by atoms with Gasteiger partial charge in [0, 0.05) is 45.0 Å². The molecule has 0 saturated carbocycles. The highest BCUT2D eigenvalue weighted by Gasteiger charge is 2.24. The maximum absolute atomic E-state index is 14.2. The fourth-order valence-electron chi connectivity index (χ4n) is 3.89. The molecule has 0 radical (unpaired) electrons. The Morgan fingerprint density at radius 1 is 1.07 bits per heavy atom. The van der Waals surface area contributed by atoms with Gasteiger partial charge in [-0.15, -0.1) is 0 Å². The van der Waals surface area contributed by atoms with Gasteiger partial charge < -0.3 is 9.88 Å². The topological polar surface area (TPSA) is 56.4 Å². The van der Waals surface area contributed by atoms with Crippen LogP contribution in [0.5, 0.6) is 0 Å². The number of fused-ring (bicyclic) bond motifs is 1. The van der Waals surface area contributed by atoms with Crippen LogP contribution in [0, 0.1) is 18.6 Å². The monoisotopic (exact) mass is 431 g/mol. The van der Waals surface area contributed by atoms with Gasteiger partial charge >= 0.3 is 0 Å². The van der Waals surface area contributed by atoms with E-state index in [0.717, 1.165) is 22.5 Å². The van der Waals surface area contributed by atoms with Crippen molar-refractivity contribution in [2.45, 2.75) is 24.8 Å². The first-order chi connectivity index (χ1) is 14.2. The van der Waals surface area contributed by atoms with Crippen molar-refractivity contribution in [1.82, 2.24) is 9.29 Å². The Morgan fingerprint density at radius 2 is 1.77 bits per heavy atom. The van der Waals surface area contributed by atoms with Gasteiger partial charge in [-0.3, -0.25) is 0 Å². The second-order valence-electron chi connectivity index (χ2n) is 7.69. The number of hydrogen-bond donors (Lipinski definition) is 1. The van der Waals surface area contributed by atoms with Crippen LogP contribution in [0.25, 0.3) is 11.3 Å². The maximum atomic E-state index is 14.2. The van der Waals surface area contributed by atoms with Crippen molar-refractivity contribution in [3.05, 3.63) is 70.9 Å². The summed E-state index contributed by atoms with van der Waals surface area (Å²) in [5, 5.41) is 0. The molecule has 1 aromatic heterocycles. The molecule has 30 heavy (non-hydrogen) atoms. The van der Waals surface area contributed by atoms with E-state index in [1.165, 1.54) is 36.6 Å². The third-order valence-corrected chi connectivity index (χ3v) is 7.32. The number of aromatic amines is 1. The number of aromatic nitrogens is 1. The summed E-state index contributed by atoms with van der Waals surface area (Å²) < 4.78 is 54.3. The number of aryl methyl sites for hydroxylation is 1. The summed E-state index contributed by atoms with van der Waals surface area (Å²) in [4.78, 5) is 5.58. The highest BCUT2D eigenvalue weighted by Crippen LogP contribution is 2.33. The van der Waals surface area contributed by atoms with Crippen LogP contribution in [0.2, 0.25) is 0 Å². The summed E-state index contributed by atoms with van der Waals surface area (Å²) in [7, 11) is -0.479. The molecule has 8 heteroatoms. The molecule has 158 valence electrons. The minimum atomic E-state index is -3.49. The van der Waals surface area contributed by atoms with E-state index >= 15 is 0 Å². The smallest absolute Gasteiger partial charge is 0.242 e. The Kier molecular flexibility index (Phi) is 5.15. The molecule has 1 aliphatic rings. The number of rotatable bonds is 4. The molecule has 0 fully saturated rings. The predicted molar refractivity (Wildman–Crippen MR) is 113 cm³/mol. The van der Waals surface area contributed by atoms with Gasteiger partial charge in [-0.1, -0.05) is 6.07 Å². The van der Waals surface area contributed by atoms with Crippen molar-refractivity contribution in [1.29, 1.82) is 0 Å². The fourth-order valence-corrected chi connectivity index (χ4v) is 4.87. The van der Waals surface area contributed by atoms with E-state index in [1.807, 2.05) is 13.0 Å². The highest BCUT2D eigenvalue weighted by atomic mass is 32.2. The van der Waals surface area contributed by atoms with Crippen LogP contribution >= 0.6 is 0 Å². The average Bonchev–Trinajstić information content (AvgIpc) is 3.10. The number of nitrogens with zero attached hydrogens (tertiary/aromatic N) is 2. The van der Waals surface area contributed by atoms with Gasteiger partial charge in [0.2, 0.25) is 10.0 Å². The first-order valence-corrected chi connectivity index (χ1v) is 11.1. The van der Waals surface area contributed by atoms with Crippen molar-refractivity contribution in [2.24, 2.45) is 0 Å². The van der Waals surface area contributed by atoms with Crippen LogP contribution in [0.3, 0.4) is 0 Å². The van der Waals surface area contributed by atoms with E-state index in [0.29, 0.717) is 25.2 Å². The van der Waals surface area contributed by atoms with Crippen molar-refractivity contribution >= 4 is 15.7 Å². The number of H-pyrrole nitrogens is 1. The molecule has 3 aromatic rings. The van der Waals surface area contributed by atoms with Gasteiger partial charge in [0.15, 0.2) is 0 Å². The zero-order valence-electron chi connectivity index (χ0n) is 17.0. The summed E-state index contributed by atoms with van der Waals surface area (Å²) >= 11 is 0. The summed E-state index contributed by atoms with van der Waals surface area (Å²) in [6.45, 7) is 3.17. The van der Waals surface area contributed by atoms with E-state index in [4.69, 9.17) is 0 Å². The summed E-state index contributed by atoms with van der Waals surface area (Å²) in [6, 6.07) is 10.8. The maximum Gasteiger partial charge on any atom is 0.242 e. The molecule has 4 rings (SSSR count). The molecule has 0 amide bonds. The normalized spacial score (nSPS) is 14.3. The second-order valence-corrected chi connectivity index (χ2v) is 9.84. The lowest BCUT2D eigenvalue weighted by atomic mass is 10.0. The van der Waals surface area contributed by atoms with Gasteiger partial charge in [0.25, 0.3) is 0 Å². The Hall–Kier alpha value is -2.71. The Morgan fingerprint density at radius 3 is 2.40 bits per heavy atom. The Bertz CT molecular complexity index is 1200. The molecule has 0 bridgehead atoms. The van der Waals surface area contributed by atoms with Crippen LogP contribution in [-0.2, 0) is 23.0 Å². The lowest BCUT2D eigenvalue weighted by molar-refractivity contribution is 0.520. The van der Waals surface area contributed by atoms with Crippen molar-refractivity contribution in [3.63, 3.8) is 0 Å². The van der Waals surface area contributed by atoms with E-state index in [-0.39, 0.29) is 10.5 Å². The molecule has 5 nitrogen and oxygen atoms in total. The van der Waals surface area contributed by atoms with Gasteiger partial charge in [-0.25, -0.2) is 21.5 Å². The SMILES string of the molecule is Cc1cc(S(=O)(=O)N(C)C)ccc1N1CCc2[nH]c(-c3c(F)cccc3F)cc2C1. The van der Waals surface area contributed by atoms with E-state index in [1.54, 1.807) is 18.2 Å². The molecule has 1 N–H and O–H groups in total. The van der Waals surface area contributed by atoms with Gasteiger partial charge in [-0.05, 0) is 54.4 Å². The summed E-state index contributed by atoms with van der Waals surface area (Å²) in [5.74, 6) is -1.20. The molecular formula is C22H23F2N3O2S. The number of benzene rings is 2. The molecular weight excluding hydrogens is 408 g/mol. The lowest BCUT2D eigenvalue weighted by Crippen LogP contribution is -2.30. The average molecular weight is 432 g/mol. The summed E-state index contributed by atoms with van der Waals surface area (Å²) in [6.07, 6.45) is 0.697. The van der Waals surface area contributed by atoms with Gasteiger partial charge in [0.1, 0.15) is 11.6 Å². The van der Waals surface area contributed by atoms with Gasteiger partial charge in [-0.2, -0.15) is 0 Å². The third kappa shape index (κ3) is 3.50. The molecule has 0 atom stereocenters. The number of halogens is 2. The second kappa shape index (κ2) is 7.52. The van der Waals surface area contributed by atoms with Crippen LogP contribution in [0.4, 0.5) is 14.5 Å². The standard InChI is InChI=1S/C22H23F2N3O2S/c1-14-11-16(30(28,29)26(2)3)7-8-21(14)27-10-9-19-15(13-27)12-20(25-19)22-17(23)5-4-6-18(22)24/h4-8,11-12,25H,9-10,13H2,1-3H3. The van der Waals surface area contributed by atoms with Crippen molar-refractivity contribution in [2.75, 3.05) is 25.5 Å². The zero-order valence-corrected chi connectivity index (χ0v) is 17.9.